The molecule has 28 heavy (non-hydrogen) atoms. The fraction of sp³-hybridized carbons (Fsp3) is 0.421. The molecule has 1 aliphatic rings. The molecule has 0 aliphatic carbocycles. The molecule has 1 saturated heterocycles. The molecule has 1 aromatic carbocycles. The second-order valence-electron chi connectivity index (χ2n) is 6.38. The van der Waals surface area contributed by atoms with E-state index in [0.29, 0.717) is 12.0 Å². The fourth-order valence-corrected chi connectivity index (χ4v) is 2.89. The number of hydrogen-bond acceptors (Lipinski definition) is 6. The second kappa shape index (κ2) is 9.32. The number of amides is 3. The third-order valence-electron chi connectivity index (χ3n) is 4.56. The number of methoxy groups -OCH3 is 1. The molecule has 4 N–H and O–H groups in total. The SMILES string of the molecule is COC1(C(NC(=O)c2ccc(C#CCCO)cc2)C(=O)NO)CN(C(C)=O)C1. The number of aliphatic hydroxyl groups is 1. The van der Waals surface area contributed by atoms with E-state index in [2.05, 4.69) is 17.2 Å². The van der Waals surface area contributed by atoms with E-state index in [1.807, 2.05) is 0 Å². The van der Waals surface area contributed by atoms with Crippen molar-refractivity contribution in [3.8, 4) is 11.8 Å². The van der Waals surface area contributed by atoms with Crippen LogP contribution in [0, 0.1) is 11.8 Å². The van der Waals surface area contributed by atoms with Crippen LogP contribution >= 0.6 is 0 Å². The summed E-state index contributed by atoms with van der Waals surface area (Å²) in [6.07, 6.45) is 0.358. The molecule has 1 aliphatic heterocycles. The number of likely N-dealkylation sites (tertiary alicyclic amines) is 1. The Hall–Kier alpha value is -2.93. The summed E-state index contributed by atoms with van der Waals surface area (Å²) < 4.78 is 5.43. The lowest BCUT2D eigenvalue weighted by Crippen LogP contribution is -2.75. The smallest absolute Gasteiger partial charge is 0.269 e. The van der Waals surface area contributed by atoms with Crippen molar-refractivity contribution in [1.29, 1.82) is 0 Å². The van der Waals surface area contributed by atoms with Gasteiger partial charge in [0.2, 0.25) is 5.91 Å². The Morgan fingerprint density at radius 3 is 2.43 bits per heavy atom. The minimum Gasteiger partial charge on any atom is -0.395 e. The summed E-state index contributed by atoms with van der Waals surface area (Å²) >= 11 is 0. The van der Waals surface area contributed by atoms with Gasteiger partial charge in [-0.25, -0.2) is 5.48 Å². The molecule has 1 fully saturated rings. The van der Waals surface area contributed by atoms with E-state index in [-0.39, 0.29) is 31.2 Å². The van der Waals surface area contributed by atoms with E-state index in [1.54, 1.807) is 24.3 Å². The van der Waals surface area contributed by atoms with Crippen molar-refractivity contribution in [2.24, 2.45) is 0 Å². The standard InChI is InChI=1S/C19H23N3O6/c1-13(24)22-11-19(12-22,28-2)16(18(26)21-27)20-17(25)15-8-6-14(7-9-15)5-3-4-10-23/h6-9,16,23,27H,4,10-12H2,1-2H3,(H,20,25)(H,21,26). The molecule has 1 unspecified atom stereocenters. The Kier molecular flexibility index (Phi) is 7.12. The highest BCUT2D eigenvalue weighted by molar-refractivity contribution is 5.98. The maximum Gasteiger partial charge on any atom is 0.269 e. The van der Waals surface area contributed by atoms with Crippen LogP contribution in [0.25, 0.3) is 0 Å². The van der Waals surface area contributed by atoms with Crippen LogP contribution < -0.4 is 10.8 Å². The van der Waals surface area contributed by atoms with E-state index in [1.165, 1.54) is 24.4 Å². The van der Waals surface area contributed by atoms with Gasteiger partial charge in [-0.15, -0.1) is 0 Å². The van der Waals surface area contributed by atoms with Crippen LogP contribution in [0.5, 0.6) is 0 Å². The lowest BCUT2D eigenvalue weighted by molar-refractivity contribution is -0.174. The summed E-state index contributed by atoms with van der Waals surface area (Å²) in [5, 5.41) is 20.4. The number of hydrogen-bond donors (Lipinski definition) is 4. The van der Waals surface area contributed by atoms with Crippen molar-refractivity contribution in [1.82, 2.24) is 15.7 Å². The Balaban J connectivity index is 2.14. The average molecular weight is 389 g/mol. The van der Waals surface area contributed by atoms with Crippen LogP contribution in [0.1, 0.15) is 29.3 Å². The zero-order valence-corrected chi connectivity index (χ0v) is 15.7. The minimum atomic E-state index is -1.20. The maximum absolute atomic E-state index is 12.6. The van der Waals surface area contributed by atoms with Gasteiger partial charge in [-0.2, -0.15) is 0 Å². The van der Waals surface area contributed by atoms with Crippen LogP contribution in [-0.4, -0.2) is 71.4 Å². The van der Waals surface area contributed by atoms with Crippen LogP contribution in [-0.2, 0) is 14.3 Å². The van der Waals surface area contributed by atoms with Gasteiger partial charge in [0.05, 0.1) is 19.7 Å². The van der Waals surface area contributed by atoms with Crippen LogP contribution in [0.15, 0.2) is 24.3 Å². The normalized spacial score (nSPS) is 15.5. The molecule has 2 rings (SSSR count). The second-order valence-corrected chi connectivity index (χ2v) is 6.38. The van der Waals surface area contributed by atoms with Gasteiger partial charge in [0.15, 0.2) is 0 Å². The number of rotatable bonds is 6. The molecule has 1 atom stereocenters. The monoisotopic (exact) mass is 389 g/mol. The Labute approximate surface area is 162 Å². The fourth-order valence-electron chi connectivity index (χ4n) is 2.89. The maximum atomic E-state index is 12.6. The van der Waals surface area contributed by atoms with Gasteiger partial charge < -0.3 is 20.1 Å². The number of nitrogens with zero attached hydrogens (tertiary/aromatic N) is 1. The van der Waals surface area contributed by atoms with Crippen molar-refractivity contribution in [3.05, 3.63) is 35.4 Å². The minimum absolute atomic E-state index is 0.0237. The van der Waals surface area contributed by atoms with E-state index in [4.69, 9.17) is 15.1 Å². The van der Waals surface area contributed by atoms with E-state index in [0.717, 1.165) is 0 Å². The molecule has 0 saturated carbocycles. The third kappa shape index (κ3) is 4.67. The predicted molar refractivity (Wildman–Crippen MR) is 98.2 cm³/mol. The lowest BCUT2D eigenvalue weighted by Gasteiger charge is -2.51. The number of nitrogens with one attached hydrogen (secondary N) is 2. The first-order valence-electron chi connectivity index (χ1n) is 8.62. The third-order valence-corrected chi connectivity index (χ3v) is 4.56. The van der Waals surface area contributed by atoms with Gasteiger partial charge in [-0.05, 0) is 24.3 Å². The molecule has 9 nitrogen and oxygen atoms in total. The summed E-state index contributed by atoms with van der Waals surface area (Å²) in [4.78, 5) is 37.7. The molecule has 0 spiro atoms. The zero-order valence-electron chi connectivity index (χ0n) is 15.7. The highest BCUT2D eigenvalue weighted by Gasteiger charge is 2.54. The summed E-state index contributed by atoms with van der Waals surface area (Å²) in [6, 6.07) is 5.19. The van der Waals surface area contributed by atoms with Crippen LogP contribution in [0.3, 0.4) is 0 Å². The summed E-state index contributed by atoms with van der Waals surface area (Å²) in [7, 11) is 1.38. The molecular formula is C19H23N3O6. The van der Waals surface area contributed by atoms with Gasteiger partial charge >= 0.3 is 0 Å². The van der Waals surface area contributed by atoms with E-state index < -0.39 is 23.5 Å². The first kappa shape index (κ1) is 21.4. The number of ether oxygens (including phenoxy) is 1. The van der Waals surface area contributed by atoms with Gasteiger partial charge in [0.1, 0.15) is 11.6 Å². The molecule has 1 aromatic rings. The molecule has 0 aromatic heterocycles. The van der Waals surface area contributed by atoms with Crippen molar-refractivity contribution < 1.29 is 29.4 Å². The highest BCUT2D eigenvalue weighted by atomic mass is 16.5. The Bertz CT molecular complexity index is 790. The number of benzene rings is 1. The van der Waals surface area contributed by atoms with Gasteiger partial charge in [0.25, 0.3) is 11.8 Å². The summed E-state index contributed by atoms with van der Waals surface area (Å²) in [5.74, 6) is 4.07. The number of carbonyl (C=O) groups is 3. The number of aliphatic hydroxyl groups excluding tert-OH is 1. The van der Waals surface area contributed by atoms with Crippen LogP contribution in [0.4, 0.5) is 0 Å². The highest BCUT2D eigenvalue weighted by Crippen LogP contribution is 2.29. The van der Waals surface area contributed by atoms with Crippen molar-refractivity contribution in [2.45, 2.75) is 25.0 Å². The largest absolute Gasteiger partial charge is 0.395 e. The lowest BCUT2D eigenvalue weighted by atomic mass is 9.84. The predicted octanol–water partition coefficient (Wildman–Crippen LogP) is -0.728. The first-order chi connectivity index (χ1) is 13.4. The van der Waals surface area contributed by atoms with Crippen molar-refractivity contribution >= 4 is 17.7 Å². The molecular weight excluding hydrogens is 366 g/mol. The quantitative estimate of drug-likeness (QED) is 0.289. The van der Waals surface area contributed by atoms with E-state index >= 15 is 0 Å². The molecule has 0 bridgehead atoms. The molecule has 9 heteroatoms. The summed E-state index contributed by atoms with van der Waals surface area (Å²) in [5.41, 5.74) is 1.37. The number of carbonyl (C=O) groups excluding carboxylic acids is 3. The van der Waals surface area contributed by atoms with E-state index in [9.17, 15) is 14.4 Å². The zero-order chi connectivity index (χ0) is 20.7. The van der Waals surface area contributed by atoms with Gasteiger partial charge in [-0.1, -0.05) is 11.8 Å². The molecule has 150 valence electrons. The molecule has 1 heterocycles. The van der Waals surface area contributed by atoms with Gasteiger partial charge in [-0.3, -0.25) is 19.6 Å². The summed E-state index contributed by atoms with van der Waals surface area (Å²) in [6.45, 7) is 1.58. The number of hydroxylamine groups is 1. The van der Waals surface area contributed by atoms with Crippen molar-refractivity contribution in [3.63, 3.8) is 0 Å². The average Bonchev–Trinajstić information content (AvgIpc) is 2.66. The van der Waals surface area contributed by atoms with Crippen LogP contribution in [0.2, 0.25) is 0 Å². The Morgan fingerprint density at radius 1 is 1.29 bits per heavy atom. The van der Waals surface area contributed by atoms with Gasteiger partial charge in [0, 0.05) is 31.6 Å². The molecule has 0 radical (unpaired) electrons. The first-order valence-corrected chi connectivity index (χ1v) is 8.62. The molecule has 3 amide bonds. The Morgan fingerprint density at radius 2 is 1.93 bits per heavy atom. The van der Waals surface area contributed by atoms with Crippen molar-refractivity contribution in [2.75, 3.05) is 26.8 Å². The topological polar surface area (TPSA) is 128 Å².